The van der Waals surface area contributed by atoms with Crippen molar-refractivity contribution in [3.8, 4) is 6.07 Å². The average molecular weight is 432 g/mol. The molecule has 9 heteroatoms. The van der Waals surface area contributed by atoms with Crippen LogP contribution in [0.25, 0.3) is 5.65 Å². The third-order valence-corrected chi connectivity index (χ3v) is 5.96. The van der Waals surface area contributed by atoms with Crippen molar-refractivity contribution in [2.24, 2.45) is 0 Å². The number of carbonyl (C=O) groups is 2. The van der Waals surface area contributed by atoms with E-state index in [9.17, 15) is 14.9 Å². The van der Waals surface area contributed by atoms with Crippen molar-refractivity contribution < 1.29 is 9.59 Å². The van der Waals surface area contributed by atoms with Crippen LogP contribution in [0.15, 0.2) is 30.6 Å². The van der Waals surface area contributed by atoms with E-state index < -0.39 is 0 Å². The molecule has 164 valence electrons. The van der Waals surface area contributed by atoms with E-state index in [4.69, 9.17) is 0 Å². The second-order valence-corrected chi connectivity index (χ2v) is 7.93. The first kappa shape index (κ1) is 21.4. The highest BCUT2D eigenvalue weighted by Gasteiger charge is 2.24. The summed E-state index contributed by atoms with van der Waals surface area (Å²) < 4.78 is 1.66. The third kappa shape index (κ3) is 4.30. The molecule has 32 heavy (non-hydrogen) atoms. The molecule has 2 amide bonds. The second-order valence-electron chi connectivity index (χ2n) is 7.93. The van der Waals surface area contributed by atoms with Gasteiger partial charge in [0.2, 0.25) is 11.8 Å². The molecule has 0 bridgehead atoms. The first-order valence-corrected chi connectivity index (χ1v) is 10.7. The molecule has 0 spiro atoms. The summed E-state index contributed by atoms with van der Waals surface area (Å²) in [5.74, 6) is 0.108. The third-order valence-electron chi connectivity index (χ3n) is 5.96. The van der Waals surface area contributed by atoms with Gasteiger partial charge in [-0.2, -0.15) is 10.4 Å². The zero-order chi connectivity index (χ0) is 22.7. The van der Waals surface area contributed by atoms with Crippen molar-refractivity contribution in [2.75, 3.05) is 26.2 Å². The molecule has 1 aliphatic heterocycles. The van der Waals surface area contributed by atoms with Gasteiger partial charge in [-0.15, -0.1) is 0 Å². The predicted octanol–water partition coefficient (Wildman–Crippen LogP) is 1.46. The summed E-state index contributed by atoms with van der Waals surface area (Å²) in [5.41, 5.74) is 4.42. The van der Waals surface area contributed by atoms with E-state index in [1.54, 1.807) is 15.6 Å². The van der Waals surface area contributed by atoms with Crippen LogP contribution in [-0.4, -0.2) is 67.4 Å². The molecule has 0 aliphatic carbocycles. The quantitative estimate of drug-likeness (QED) is 0.605. The molecular formula is C23H25N7O2. The van der Waals surface area contributed by atoms with Crippen LogP contribution < -0.4 is 0 Å². The fraction of sp³-hybridized carbons (Fsp3) is 0.391. The van der Waals surface area contributed by atoms with E-state index in [0.717, 1.165) is 22.6 Å². The molecule has 0 saturated carbocycles. The zero-order valence-electron chi connectivity index (χ0n) is 18.3. The van der Waals surface area contributed by atoms with Gasteiger partial charge < -0.3 is 9.80 Å². The van der Waals surface area contributed by atoms with Gasteiger partial charge in [0.25, 0.3) is 0 Å². The Balaban J connectivity index is 1.33. The Morgan fingerprint density at radius 3 is 2.47 bits per heavy atom. The molecule has 9 nitrogen and oxygen atoms in total. The van der Waals surface area contributed by atoms with E-state index in [1.165, 1.54) is 6.20 Å². The topological polar surface area (TPSA) is 107 Å². The molecule has 0 aromatic carbocycles. The fourth-order valence-corrected chi connectivity index (χ4v) is 4.12. The van der Waals surface area contributed by atoms with Crippen LogP contribution in [-0.2, 0) is 22.4 Å². The van der Waals surface area contributed by atoms with Crippen molar-refractivity contribution in [2.45, 2.75) is 33.1 Å². The fourth-order valence-electron chi connectivity index (χ4n) is 4.12. The van der Waals surface area contributed by atoms with E-state index >= 15 is 0 Å². The molecule has 0 atom stereocenters. The van der Waals surface area contributed by atoms with E-state index in [2.05, 4.69) is 21.1 Å². The highest BCUT2D eigenvalue weighted by molar-refractivity contribution is 5.80. The number of aromatic nitrogens is 4. The lowest BCUT2D eigenvalue weighted by atomic mass is 10.1. The van der Waals surface area contributed by atoms with Crippen LogP contribution >= 0.6 is 0 Å². The minimum absolute atomic E-state index is 0.0392. The summed E-state index contributed by atoms with van der Waals surface area (Å²) in [6, 6.07) is 7.65. The maximum Gasteiger partial charge on any atom is 0.228 e. The first-order chi connectivity index (χ1) is 15.5. The number of hydrogen-bond acceptors (Lipinski definition) is 6. The van der Waals surface area contributed by atoms with Gasteiger partial charge in [0, 0.05) is 55.9 Å². The smallest absolute Gasteiger partial charge is 0.228 e. The molecule has 3 aromatic rings. The highest BCUT2D eigenvalue weighted by atomic mass is 16.2. The Hall–Kier alpha value is -3.80. The highest BCUT2D eigenvalue weighted by Crippen LogP contribution is 2.19. The van der Waals surface area contributed by atoms with Gasteiger partial charge >= 0.3 is 0 Å². The van der Waals surface area contributed by atoms with Gasteiger partial charge in [-0.3, -0.25) is 14.6 Å². The minimum Gasteiger partial charge on any atom is -0.339 e. The lowest BCUT2D eigenvalue weighted by Gasteiger charge is -2.35. The van der Waals surface area contributed by atoms with Crippen molar-refractivity contribution >= 4 is 17.5 Å². The number of aryl methyl sites for hydroxylation is 2. The molecule has 0 N–H and O–H groups in total. The zero-order valence-corrected chi connectivity index (χ0v) is 18.3. The van der Waals surface area contributed by atoms with Crippen LogP contribution in [0.1, 0.15) is 34.6 Å². The Bertz CT molecular complexity index is 1190. The van der Waals surface area contributed by atoms with Crippen molar-refractivity contribution in [3.63, 3.8) is 0 Å². The summed E-state index contributed by atoms with van der Waals surface area (Å²) in [7, 11) is 0. The van der Waals surface area contributed by atoms with Crippen LogP contribution in [0, 0.1) is 25.2 Å². The number of carbonyl (C=O) groups excluding carboxylic acids is 2. The molecule has 1 saturated heterocycles. The lowest BCUT2D eigenvalue weighted by molar-refractivity contribution is -0.139. The van der Waals surface area contributed by atoms with Gasteiger partial charge in [-0.25, -0.2) is 9.50 Å². The number of pyridine rings is 1. The average Bonchev–Trinajstić information content (AvgIpc) is 3.22. The van der Waals surface area contributed by atoms with Crippen LogP contribution in [0.3, 0.4) is 0 Å². The Morgan fingerprint density at radius 2 is 1.81 bits per heavy atom. The SMILES string of the molecule is Cc1nc2c(C#N)cnn2c(C)c1CCC(=O)N1CCN(C(=O)Cc2ccccn2)CC1. The number of rotatable bonds is 5. The van der Waals surface area contributed by atoms with E-state index in [1.807, 2.05) is 36.9 Å². The second kappa shape index (κ2) is 9.14. The van der Waals surface area contributed by atoms with Gasteiger partial charge in [0.15, 0.2) is 5.65 Å². The van der Waals surface area contributed by atoms with Crippen molar-refractivity contribution in [3.05, 3.63) is 58.8 Å². The van der Waals surface area contributed by atoms with Crippen LogP contribution in [0.4, 0.5) is 0 Å². The molecular weight excluding hydrogens is 406 g/mol. The monoisotopic (exact) mass is 431 g/mol. The number of fused-ring (bicyclic) bond motifs is 1. The number of nitriles is 1. The summed E-state index contributed by atoms with van der Waals surface area (Å²) in [4.78, 5) is 37.7. The maximum atomic E-state index is 12.8. The van der Waals surface area contributed by atoms with E-state index in [-0.39, 0.29) is 18.2 Å². The minimum atomic E-state index is 0.0392. The first-order valence-electron chi connectivity index (χ1n) is 10.7. The van der Waals surface area contributed by atoms with Crippen molar-refractivity contribution in [1.29, 1.82) is 5.26 Å². The Labute approximate surface area is 186 Å². The van der Waals surface area contributed by atoms with Crippen LogP contribution in [0.5, 0.6) is 0 Å². The number of hydrogen-bond donors (Lipinski definition) is 0. The Morgan fingerprint density at radius 1 is 1.09 bits per heavy atom. The molecule has 0 radical (unpaired) electrons. The normalized spacial score (nSPS) is 13.9. The molecule has 1 aliphatic rings. The maximum absolute atomic E-state index is 12.8. The number of nitrogens with zero attached hydrogens (tertiary/aromatic N) is 7. The van der Waals surface area contributed by atoms with Crippen LogP contribution in [0.2, 0.25) is 0 Å². The van der Waals surface area contributed by atoms with Gasteiger partial charge in [-0.05, 0) is 38.0 Å². The molecule has 4 heterocycles. The molecule has 4 rings (SSSR count). The van der Waals surface area contributed by atoms with Gasteiger partial charge in [0.1, 0.15) is 11.6 Å². The Kier molecular flexibility index (Phi) is 6.12. The summed E-state index contributed by atoms with van der Waals surface area (Å²) in [6.07, 6.45) is 4.40. The molecule has 1 fully saturated rings. The number of piperazine rings is 1. The standard InChI is InChI=1S/C23H25N7O2/c1-16-20(17(2)30-23(27-16)18(14-24)15-26-30)6-7-21(31)28-9-11-29(12-10-28)22(32)13-19-5-3-4-8-25-19/h3-5,8,15H,6-7,9-13H2,1-2H3. The summed E-state index contributed by atoms with van der Waals surface area (Å²) in [6.45, 7) is 5.97. The summed E-state index contributed by atoms with van der Waals surface area (Å²) >= 11 is 0. The van der Waals surface area contributed by atoms with Gasteiger partial charge in [0.05, 0.1) is 12.6 Å². The predicted molar refractivity (Wildman–Crippen MR) is 117 cm³/mol. The number of amides is 2. The lowest BCUT2D eigenvalue weighted by Crippen LogP contribution is -2.51. The van der Waals surface area contributed by atoms with Gasteiger partial charge in [-0.1, -0.05) is 6.07 Å². The molecule has 3 aromatic heterocycles. The van der Waals surface area contributed by atoms with E-state index in [0.29, 0.717) is 50.2 Å². The molecule has 0 unspecified atom stereocenters. The largest absolute Gasteiger partial charge is 0.339 e. The van der Waals surface area contributed by atoms with Crippen molar-refractivity contribution in [1.82, 2.24) is 29.4 Å². The summed E-state index contributed by atoms with van der Waals surface area (Å²) in [5, 5.41) is 13.5.